The first-order valence-corrected chi connectivity index (χ1v) is 7.13. The number of aryl methyl sites for hydroxylation is 1. The van der Waals surface area contributed by atoms with Crippen molar-refractivity contribution in [2.75, 3.05) is 7.11 Å². The molecule has 19 heavy (non-hydrogen) atoms. The lowest BCUT2D eigenvalue weighted by molar-refractivity contribution is 0.103. The highest BCUT2D eigenvalue weighted by Gasteiger charge is 2.24. The first-order valence-electron chi connectivity index (χ1n) is 6.14. The molecule has 0 N–H and O–H groups in total. The van der Waals surface area contributed by atoms with E-state index in [4.69, 9.17) is 4.74 Å². The molecule has 2 nitrogen and oxygen atoms in total. The van der Waals surface area contributed by atoms with Gasteiger partial charge in [-0.3, -0.25) is 4.79 Å². The average Bonchev–Trinajstić information content (AvgIpc) is 2.56. The Hall–Kier alpha value is -1.74. The van der Waals surface area contributed by atoms with Crippen molar-refractivity contribution in [2.45, 2.75) is 17.6 Å². The summed E-state index contributed by atoms with van der Waals surface area (Å²) in [6.45, 7) is 2.05. The quantitative estimate of drug-likeness (QED) is 0.787. The topological polar surface area (TPSA) is 26.3 Å². The fraction of sp³-hybridized carbons (Fsp3) is 0.188. The molecule has 0 radical (unpaired) electrons. The number of carbonyl (C=O) groups is 1. The fourth-order valence-electron chi connectivity index (χ4n) is 2.35. The number of ether oxygens (including phenoxy) is 1. The van der Waals surface area contributed by atoms with E-state index in [1.165, 1.54) is 5.56 Å². The molecular weight excluding hydrogens is 256 g/mol. The number of methoxy groups -OCH3 is 1. The van der Waals surface area contributed by atoms with E-state index in [2.05, 4.69) is 6.07 Å². The molecule has 3 rings (SSSR count). The number of fused-ring (bicyclic) bond motifs is 2. The van der Waals surface area contributed by atoms with Gasteiger partial charge in [0, 0.05) is 16.2 Å². The molecule has 0 amide bonds. The third-order valence-corrected chi connectivity index (χ3v) is 4.43. The van der Waals surface area contributed by atoms with Gasteiger partial charge in [-0.15, -0.1) is 11.8 Å². The molecule has 1 aliphatic rings. The lowest BCUT2D eigenvalue weighted by Crippen LogP contribution is -2.06. The van der Waals surface area contributed by atoms with Gasteiger partial charge in [-0.1, -0.05) is 18.2 Å². The third kappa shape index (κ3) is 2.04. The molecule has 0 fully saturated rings. The zero-order chi connectivity index (χ0) is 13.4. The molecule has 2 aromatic rings. The van der Waals surface area contributed by atoms with E-state index >= 15 is 0 Å². The smallest absolute Gasteiger partial charge is 0.198 e. The van der Waals surface area contributed by atoms with E-state index in [1.54, 1.807) is 18.9 Å². The van der Waals surface area contributed by atoms with E-state index in [0.29, 0.717) is 11.3 Å². The van der Waals surface area contributed by atoms with Gasteiger partial charge in [0.15, 0.2) is 5.78 Å². The highest BCUT2D eigenvalue weighted by atomic mass is 32.2. The van der Waals surface area contributed by atoms with Crippen LogP contribution in [0.2, 0.25) is 0 Å². The van der Waals surface area contributed by atoms with Crippen molar-refractivity contribution >= 4 is 17.5 Å². The van der Waals surface area contributed by atoms with Crippen molar-refractivity contribution in [3.63, 3.8) is 0 Å². The first kappa shape index (κ1) is 12.3. The summed E-state index contributed by atoms with van der Waals surface area (Å²) in [4.78, 5) is 13.8. The number of ketones is 1. The SMILES string of the molecule is COc1cccc2c1C(=O)c1ccc(C)cc1SC2. The molecule has 1 heterocycles. The number of hydrogen-bond acceptors (Lipinski definition) is 3. The zero-order valence-electron chi connectivity index (χ0n) is 10.9. The number of thioether (sulfide) groups is 1. The second-order valence-electron chi connectivity index (χ2n) is 4.61. The van der Waals surface area contributed by atoms with Crippen molar-refractivity contribution in [1.82, 2.24) is 0 Å². The van der Waals surface area contributed by atoms with E-state index in [9.17, 15) is 4.79 Å². The Morgan fingerprint density at radius 1 is 1.21 bits per heavy atom. The normalized spacial score (nSPS) is 13.5. The van der Waals surface area contributed by atoms with Crippen molar-refractivity contribution in [2.24, 2.45) is 0 Å². The van der Waals surface area contributed by atoms with Gasteiger partial charge in [0.25, 0.3) is 0 Å². The van der Waals surface area contributed by atoms with Gasteiger partial charge >= 0.3 is 0 Å². The Morgan fingerprint density at radius 3 is 2.84 bits per heavy atom. The summed E-state index contributed by atoms with van der Waals surface area (Å²) in [5.41, 5.74) is 3.71. The summed E-state index contributed by atoms with van der Waals surface area (Å²) < 4.78 is 5.35. The Morgan fingerprint density at radius 2 is 2.05 bits per heavy atom. The van der Waals surface area contributed by atoms with Crippen LogP contribution in [-0.2, 0) is 5.75 Å². The molecule has 0 atom stereocenters. The molecule has 0 saturated carbocycles. The van der Waals surface area contributed by atoms with E-state index in [-0.39, 0.29) is 5.78 Å². The molecule has 0 saturated heterocycles. The van der Waals surface area contributed by atoms with Gasteiger partial charge < -0.3 is 4.74 Å². The van der Waals surface area contributed by atoms with Crippen LogP contribution in [0.15, 0.2) is 41.3 Å². The Bertz CT molecular complexity index is 662. The molecule has 96 valence electrons. The molecular formula is C16H14O2S. The predicted molar refractivity (Wildman–Crippen MR) is 77.2 cm³/mol. The van der Waals surface area contributed by atoms with Crippen molar-refractivity contribution in [3.8, 4) is 5.75 Å². The molecule has 1 aliphatic heterocycles. The second-order valence-corrected chi connectivity index (χ2v) is 5.63. The van der Waals surface area contributed by atoms with Crippen LogP contribution >= 0.6 is 11.8 Å². The number of benzene rings is 2. The minimum absolute atomic E-state index is 0.0625. The van der Waals surface area contributed by atoms with Gasteiger partial charge in [0.1, 0.15) is 5.75 Å². The number of rotatable bonds is 1. The Balaban J connectivity index is 2.22. The van der Waals surface area contributed by atoms with E-state index < -0.39 is 0 Å². The molecule has 0 spiro atoms. The predicted octanol–water partition coefficient (Wildman–Crippen LogP) is 3.84. The minimum atomic E-state index is 0.0625. The first-order chi connectivity index (χ1) is 9.20. The molecule has 3 heteroatoms. The van der Waals surface area contributed by atoms with Crippen LogP contribution in [0, 0.1) is 6.92 Å². The van der Waals surface area contributed by atoms with E-state index in [0.717, 1.165) is 21.8 Å². The van der Waals surface area contributed by atoms with Crippen LogP contribution in [0.4, 0.5) is 0 Å². The summed E-state index contributed by atoms with van der Waals surface area (Å²) >= 11 is 1.71. The van der Waals surface area contributed by atoms with Crippen molar-refractivity contribution in [1.29, 1.82) is 0 Å². The van der Waals surface area contributed by atoms with Crippen LogP contribution in [0.3, 0.4) is 0 Å². The highest BCUT2D eigenvalue weighted by Crippen LogP contribution is 2.37. The molecule has 0 bridgehead atoms. The third-order valence-electron chi connectivity index (χ3n) is 3.32. The van der Waals surface area contributed by atoms with Crippen LogP contribution in [-0.4, -0.2) is 12.9 Å². The monoisotopic (exact) mass is 270 g/mol. The van der Waals surface area contributed by atoms with Crippen LogP contribution in [0.25, 0.3) is 0 Å². The maximum absolute atomic E-state index is 12.7. The fourth-order valence-corrected chi connectivity index (χ4v) is 3.49. The maximum Gasteiger partial charge on any atom is 0.198 e. The lowest BCUT2D eigenvalue weighted by Gasteiger charge is -2.10. The Labute approximate surface area is 116 Å². The maximum atomic E-state index is 12.7. The van der Waals surface area contributed by atoms with Crippen LogP contribution in [0.5, 0.6) is 5.75 Å². The summed E-state index contributed by atoms with van der Waals surface area (Å²) in [7, 11) is 1.61. The highest BCUT2D eigenvalue weighted by molar-refractivity contribution is 7.98. The lowest BCUT2D eigenvalue weighted by atomic mass is 9.97. The van der Waals surface area contributed by atoms with Gasteiger partial charge in [-0.05, 0) is 36.2 Å². The summed E-state index contributed by atoms with van der Waals surface area (Å²) in [5, 5.41) is 0. The van der Waals surface area contributed by atoms with Crippen LogP contribution in [0.1, 0.15) is 27.0 Å². The van der Waals surface area contributed by atoms with Crippen molar-refractivity contribution in [3.05, 3.63) is 58.7 Å². The molecule has 0 unspecified atom stereocenters. The Kier molecular flexibility index (Phi) is 3.07. The summed E-state index contributed by atoms with van der Waals surface area (Å²) in [6, 6.07) is 11.8. The summed E-state index contributed by atoms with van der Waals surface area (Å²) in [5.74, 6) is 1.53. The van der Waals surface area contributed by atoms with Gasteiger partial charge in [-0.25, -0.2) is 0 Å². The number of carbonyl (C=O) groups excluding carboxylic acids is 1. The largest absolute Gasteiger partial charge is 0.496 e. The number of hydrogen-bond donors (Lipinski definition) is 0. The standard InChI is InChI=1S/C16H14O2S/c1-10-6-7-12-14(8-10)19-9-11-4-3-5-13(18-2)15(11)16(12)17/h3-8H,9H2,1-2H3. The molecule has 0 aromatic heterocycles. The van der Waals surface area contributed by atoms with Gasteiger partial charge in [-0.2, -0.15) is 0 Å². The van der Waals surface area contributed by atoms with Crippen LogP contribution < -0.4 is 4.74 Å². The minimum Gasteiger partial charge on any atom is -0.496 e. The van der Waals surface area contributed by atoms with E-state index in [1.807, 2.05) is 37.3 Å². The van der Waals surface area contributed by atoms with Gasteiger partial charge in [0.05, 0.1) is 12.7 Å². The van der Waals surface area contributed by atoms with Crippen molar-refractivity contribution < 1.29 is 9.53 Å². The zero-order valence-corrected chi connectivity index (χ0v) is 11.7. The summed E-state index contributed by atoms with van der Waals surface area (Å²) in [6.07, 6.45) is 0. The molecule has 0 aliphatic carbocycles. The molecule has 2 aromatic carbocycles. The second kappa shape index (κ2) is 4.74. The van der Waals surface area contributed by atoms with Gasteiger partial charge in [0.2, 0.25) is 0 Å². The average molecular weight is 270 g/mol.